The van der Waals surface area contributed by atoms with Crippen molar-refractivity contribution in [2.45, 2.75) is 26.2 Å². The van der Waals surface area contributed by atoms with Gasteiger partial charge in [-0.1, -0.05) is 57.2 Å². The molecule has 0 atom stereocenters. The molecule has 0 aliphatic rings. The second-order valence-corrected chi connectivity index (χ2v) is 5.49. The van der Waals surface area contributed by atoms with Crippen molar-refractivity contribution in [2.24, 2.45) is 0 Å². The molecule has 1 heteroatoms. The Morgan fingerprint density at radius 3 is 2.17 bits per heavy atom. The minimum absolute atomic E-state index is 0.0258. The fraction of sp³-hybridized carbons (Fsp3) is 0.235. The van der Waals surface area contributed by atoms with Crippen molar-refractivity contribution >= 4 is 0 Å². The molecule has 0 saturated heterocycles. The molecule has 1 nitrogen and oxygen atoms in total. The summed E-state index contributed by atoms with van der Waals surface area (Å²) in [5.41, 5.74) is 4.37. The predicted molar refractivity (Wildman–Crippen MR) is 75.3 cm³/mol. The van der Waals surface area contributed by atoms with E-state index < -0.39 is 0 Å². The van der Waals surface area contributed by atoms with E-state index in [9.17, 15) is 0 Å². The van der Waals surface area contributed by atoms with Crippen molar-refractivity contribution in [1.82, 2.24) is 0 Å². The minimum atomic E-state index is 0.0258. The topological polar surface area (TPSA) is 23.8 Å². The highest BCUT2D eigenvalue weighted by molar-refractivity contribution is 5.69. The van der Waals surface area contributed by atoms with E-state index in [1.54, 1.807) is 0 Å². The highest BCUT2D eigenvalue weighted by Gasteiger charge is 2.19. The Labute approximate surface area is 109 Å². The van der Waals surface area contributed by atoms with Gasteiger partial charge in [0.15, 0.2) is 0 Å². The van der Waals surface area contributed by atoms with Gasteiger partial charge < -0.3 is 0 Å². The lowest BCUT2D eigenvalue weighted by atomic mass is 9.81. The molecular weight excluding hydrogens is 218 g/mol. The van der Waals surface area contributed by atoms with Crippen LogP contribution in [0.3, 0.4) is 0 Å². The highest BCUT2D eigenvalue weighted by atomic mass is 14.3. The molecule has 0 bridgehead atoms. The Morgan fingerprint density at radius 1 is 0.944 bits per heavy atom. The van der Waals surface area contributed by atoms with Crippen molar-refractivity contribution in [3.05, 3.63) is 59.7 Å². The highest BCUT2D eigenvalue weighted by Crippen LogP contribution is 2.33. The monoisotopic (exact) mass is 235 g/mol. The van der Waals surface area contributed by atoms with Crippen molar-refractivity contribution in [3.63, 3.8) is 0 Å². The van der Waals surface area contributed by atoms with Gasteiger partial charge in [0.25, 0.3) is 0 Å². The number of nitriles is 1. The van der Waals surface area contributed by atoms with Gasteiger partial charge in [0.1, 0.15) is 0 Å². The fourth-order valence-electron chi connectivity index (χ4n) is 2.10. The van der Waals surface area contributed by atoms with Crippen LogP contribution in [-0.2, 0) is 5.41 Å². The maximum Gasteiger partial charge on any atom is 0.0991 e. The zero-order chi connectivity index (χ0) is 13.2. The van der Waals surface area contributed by atoms with E-state index >= 15 is 0 Å². The van der Waals surface area contributed by atoms with Crippen molar-refractivity contribution in [3.8, 4) is 17.2 Å². The Bertz CT molecular complexity index is 583. The maximum absolute atomic E-state index is 9.04. The Morgan fingerprint density at radius 2 is 1.61 bits per heavy atom. The van der Waals surface area contributed by atoms with Gasteiger partial charge in [0.05, 0.1) is 11.6 Å². The van der Waals surface area contributed by atoms with E-state index in [4.69, 9.17) is 5.26 Å². The molecule has 0 aromatic heterocycles. The van der Waals surface area contributed by atoms with Crippen LogP contribution < -0.4 is 0 Å². The molecule has 2 aromatic rings. The summed E-state index contributed by atoms with van der Waals surface area (Å²) in [5, 5.41) is 9.04. The quantitative estimate of drug-likeness (QED) is 0.712. The zero-order valence-electron chi connectivity index (χ0n) is 11.1. The SMILES string of the molecule is CC(C)(C)c1cc(C#N)ccc1-c1ccccc1. The average molecular weight is 235 g/mol. The van der Waals surface area contributed by atoms with E-state index in [0.29, 0.717) is 0 Å². The first kappa shape index (κ1) is 12.4. The Kier molecular flexibility index (Phi) is 3.21. The lowest BCUT2D eigenvalue weighted by Crippen LogP contribution is -2.13. The molecule has 0 unspecified atom stereocenters. The molecule has 0 saturated carbocycles. The number of nitrogens with zero attached hydrogens (tertiary/aromatic N) is 1. The number of rotatable bonds is 1. The summed E-state index contributed by atoms with van der Waals surface area (Å²) in [6, 6.07) is 18.5. The number of hydrogen-bond acceptors (Lipinski definition) is 1. The molecule has 90 valence electrons. The molecule has 0 aliphatic heterocycles. The normalized spacial score (nSPS) is 11.0. The molecule has 2 rings (SSSR count). The first-order valence-electron chi connectivity index (χ1n) is 6.12. The van der Waals surface area contributed by atoms with E-state index in [2.05, 4.69) is 45.0 Å². The van der Waals surface area contributed by atoms with E-state index in [1.807, 2.05) is 30.3 Å². The third-order valence-corrected chi connectivity index (χ3v) is 3.04. The van der Waals surface area contributed by atoms with E-state index in [-0.39, 0.29) is 5.41 Å². The minimum Gasteiger partial charge on any atom is -0.192 e. The van der Waals surface area contributed by atoms with Crippen LogP contribution in [0.5, 0.6) is 0 Å². The Balaban J connectivity index is 2.65. The van der Waals surface area contributed by atoms with Crippen LogP contribution in [0.25, 0.3) is 11.1 Å². The molecule has 0 spiro atoms. The average Bonchev–Trinajstić information content (AvgIpc) is 2.38. The summed E-state index contributed by atoms with van der Waals surface area (Å²) < 4.78 is 0. The van der Waals surface area contributed by atoms with Gasteiger partial charge in [0, 0.05) is 0 Å². The lowest BCUT2D eigenvalue weighted by molar-refractivity contribution is 0.592. The Hall–Kier alpha value is -2.07. The second-order valence-electron chi connectivity index (χ2n) is 5.49. The molecular formula is C17H17N. The van der Waals surface area contributed by atoms with Gasteiger partial charge >= 0.3 is 0 Å². The third-order valence-electron chi connectivity index (χ3n) is 3.04. The molecule has 2 aromatic carbocycles. The van der Waals surface area contributed by atoms with E-state index in [0.717, 1.165) is 5.56 Å². The summed E-state index contributed by atoms with van der Waals surface area (Å²) in [4.78, 5) is 0. The van der Waals surface area contributed by atoms with Crippen LogP contribution in [0.4, 0.5) is 0 Å². The molecule has 0 N–H and O–H groups in total. The first-order valence-corrected chi connectivity index (χ1v) is 6.12. The summed E-state index contributed by atoms with van der Waals surface area (Å²) in [6.07, 6.45) is 0. The molecule has 0 amide bonds. The van der Waals surface area contributed by atoms with E-state index in [1.165, 1.54) is 16.7 Å². The second kappa shape index (κ2) is 4.66. The van der Waals surface area contributed by atoms with Gasteiger partial charge in [0.2, 0.25) is 0 Å². The van der Waals surface area contributed by atoms with Crippen LogP contribution in [0, 0.1) is 11.3 Å². The lowest BCUT2D eigenvalue weighted by Gasteiger charge is -2.23. The number of benzene rings is 2. The van der Waals surface area contributed by atoms with Gasteiger partial charge in [-0.3, -0.25) is 0 Å². The van der Waals surface area contributed by atoms with Gasteiger partial charge in [-0.15, -0.1) is 0 Å². The first-order chi connectivity index (χ1) is 8.52. The summed E-state index contributed by atoms with van der Waals surface area (Å²) >= 11 is 0. The molecule has 0 fully saturated rings. The van der Waals surface area contributed by atoms with Gasteiger partial charge in [-0.2, -0.15) is 5.26 Å². The summed E-state index contributed by atoms with van der Waals surface area (Å²) in [5.74, 6) is 0. The van der Waals surface area contributed by atoms with Crippen molar-refractivity contribution < 1.29 is 0 Å². The molecule has 0 heterocycles. The number of hydrogen-bond donors (Lipinski definition) is 0. The molecule has 0 aliphatic carbocycles. The van der Waals surface area contributed by atoms with Crippen LogP contribution in [0.15, 0.2) is 48.5 Å². The van der Waals surface area contributed by atoms with Gasteiger partial charge in [-0.25, -0.2) is 0 Å². The summed E-state index contributed by atoms with van der Waals surface area (Å²) in [6.45, 7) is 6.53. The van der Waals surface area contributed by atoms with Gasteiger partial charge in [-0.05, 0) is 34.2 Å². The fourth-order valence-corrected chi connectivity index (χ4v) is 2.10. The van der Waals surface area contributed by atoms with Crippen LogP contribution in [-0.4, -0.2) is 0 Å². The molecule has 18 heavy (non-hydrogen) atoms. The smallest absolute Gasteiger partial charge is 0.0991 e. The zero-order valence-corrected chi connectivity index (χ0v) is 11.1. The van der Waals surface area contributed by atoms with Crippen molar-refractivity contribution in [2.75, 3.05) is 0 Å². The predicted octanol–water partition coefficient (Wildman–Crippen LogP) is 4.52. The van der Waals surface area contributed by atoms with Crippen LogP contribution in [0.1, 0.15) is 31.9 Å². The van der Waals surface area contributed by atoms with Crippen LogP contribution in [0.2, 0.25) is 0 Å². The standard InChI is InChI=1S/C17H17N/c1-17(2,3)16-11-13(12-18)9-10-15(16)14-7-5-4-6-8-14/h4-11H,1-3H3. The molecule has 0 radical (unpaired) electrons. The summed E-state index contributed by atoms with van der Waals surface area (Å²) in [7, 11) is 0. The maximum atomic E-state index is 9.04. The third kappa shape index (κ3) is 2.43. The largest absolute Gasteiger partial charge is 0.192 e. The van der Waals surface area contributed by atoms with Crippen molar-refractivity contribution in [1.29, 1.82) is 5.26 Å². The van der Waals surface area contributed by atoms with Crippen LogP contribution >= 0.6 is 0 Å².